The molecule has 0 aromatic heterocycles. The smallest absolute Gasteiger partial charge is 0.240 e. The number of sulfonamides is 1. The molecule has 1 unspecified atom stereocenters. The van der Waals surface area contributed by atoms with E-state index in [0.29, 0.717) is 17.4 Å². The van der Waals surface area contributed by atoms with Gasteiger partial charge in [0.2, 0.25) is 10.0 Å². The quantitative estimate of drug-likeness (QED) is 0.814. The Balaban J connectivity index is 2.13. The van der Waals surface area contributed by atoms with E-state index in [4.69, 9.17) is 0 Å². The zero-order valence-electron chi connectivity index (χ0n) is 13.3. The third-order valence-corrected chi connectivity index (χ3v) is 6.23. The number of hydrogen-bond donors (Lipinski definition) is 2. The van der Waals surface area contributed by atoms with Crippen LogP contribution in [0.1, 0.15) is 45.2 Å². The minimum atomic E-state index is -3.43. The van der Waals surface area contributed by atoms with Crippen LogP contribution in [0.25, 0.3) is 0 Å². The second-order valence-corrected chi connectivity index (χ2v) is 8.19. The zero-order chi connectivity index (χ0) is 15.7. The maximum absolute atomic E-state index is 12.5. The van der Waals surface area contributed by atoms with Gasteiger partial charge in [-0.3, -0.25) is 0 Å². The van der Waals surface area contributed by atoms with Crippen molar-refractivity contribution in [3.8, 4) is 0 Å². The SMILES string of the molecule is CNC(C)c1cccc(S(=O)(=O)NCC2(C(C)C)CC2)c1. The first kappa shape index (κ1) is 16.5. The van der Waals surface area contributed by atoms with Crippen molar-refractivity contribution < 1.29 is 8.42 Å². The summed E-state index contributed by atoms with van der Waals surface area (Å²) in [6.07, 6.45) is 2.23. The van der Waals surface area contributed by atoms with Crippen molar-refractivity contribution >= 4 is 10.0 Å². The van der Waals surface area contributed by atoms with Crippen LogP contribution in [-0.4, -0.2) is 22.0 Å². The summed E-state index contributed by atoms with van der Waals surface area (Å²) in [7, 11) is -1.56. The van der Waals surface area contributed by atoms with E-state index in [9.17, 15) is 8.42 Å². The molecule has 0 saturated heterocycles. The highest BCUT2D eigenvalue weighted by Gasteiger charge is 2.45. The first-order valence-electron chi connectivity index (χ1n) is 7.58. The zero-order valence-corrected chi connectivity index (χ0v) is 14.1. The molecular formula is C16H26N2O2S. The molecule has 4 nitrogen and oxygen atoms in total. The van der Waals surface area contributed by atoms with Crippen LogP contribution in [0.15, 0.2) is 29.2 Å². The van der Waals surface area contributed by atoms with E-state index in [0.717, 1.165) is 18.4 Å². The lowest BCUT2D eigenvalue weighted by atomic mass is 9.93. The molecule has 2 N–H and O–H groups in total. The Hall–Kier alpha value is -0.910. The van der Waals surface area contributed by atoms with Crippen LogP contribution in [0.2, 0.25) is 0 Å². The average Bonchev–Trinajstić information content (AvgIpc) is 3.26. The van der Waals surface area contributed by atoms with Crippen LogP contribution in [0.5, 0.6) is 0 Å². The summed E-state index contributed by atoms with van der Waals surface area (Å²) in [6.45, 7) is 6.88. The van der Waals surface area contributed by atoms with Crippen molar-refractivity contribution in [2.45, 2.75) is 44.6 Å². The second-order valence-electron chi connectivity index (χ2n) is 6.42. The lowest BCUT2D eigenvalue weighted by Crippen LogP contribution is -2.32. The highest BCUT2D eigenvalue weighted by Crippen LogP contribution is 2.51. The third-order valence-electron chi connectivity index (χ3n) is 4.83. The molecule has 0 heterocycles. The van der Waals surface area contributed by atoms with E-state index >= 15 is 0 Å². The van der Waals surface area contributed by atoms with Gasteiger partial charge in [-0.05, 0) is 55.8 Å². The number of nitrogens with one attached hydrogen (secondary N) is 2. The summed E-state index contributed by atoms with van der Waals surface area (Å²) in [5, 5.41) is 3.13. The van der Waals surface area contributed by atoms with Gasteiger partial charge in [0.1, 0.15) is 0 Å². The van der Waals surface area contributed by atoms with Crippen LogP contribution in [0, 0.1) is 11.3 Å². The Morgan fingerprint density at radius 3 is 2.43 bits per heavy atom. The summed E-state index contributed by atoms with van der Waals surface area (Å²) < 4.78 is 27.7. The van der Waals surface area contributed by atoms with Gasteiger partial charge in [-0.25, -0.2) is 13.1 Å². The molecule has 1 aromatic carbocycles. The van der Waals surface area contributed by atoms with Crippen molar-refractivity contribution in [3.05, 3.63) is 29.8 Å². The molecule has 118 valence electrons. The molecule has 5 heteroatoms. The average molecular weight is 310 g/mol. The van der Waals surface area contributed by atoms with E-state index in [-0.39, 0.29) is 11.5 Å². The standard InChI is InChI=1S/C16H26N2O2S/c1-12(2)16(8-9-16)11-18-21(19,20)15-7-5-6-14(10-15)13(3)17-4/h5-7,10,12-13,17-18H,8-9,11H2,1-4H3. The predicted octanol–water partition coefficient (Wildman–Crippen LogP) is 2.68. The Morgan fingerprint density at radius 1 is 1.24 bits per heavy atom. The van der Waals surface area contributed by atoms with Gasteiger partial charge in [-0.1, -0.05) is 26.0 Å². The summed E-state index contributed by atoms with van der Waals surface area (Å²) in [5.74, 6) is 0.510. The molecule has 0 spiro atoms. The third kappa shape index (κ3) is 3.65. The lowest BCUT2D eigenvalue weighted by molar-refractivity contribution is 0.357. The molecule has 1 aromatic rings. The molecule has 0 bridgehead atoms. The van der Waals surface area contributed by atoms with Crippen LogP contribution < -0.4 is 10.0 Å². The fourth-order valence-corrected chi connectivity index (χ4v) is 3.75. The summed E-state index contributed by atoms with van der Waals surface area (Å²) in [6, 6.07) is 7.27. The van der Waals surface area contributed by atoms with Crippen LogP contribution in [-0.2, 0) is 10.0 Å². The summed E-state index contributed by atoms with van der Waals surface area (Å²) in [4.78, 5) is 0.349. The topological polar surface area (TPSA) is 58.2 Å². The Morgan fingerprint density at radius 2 is 1.90 bits per heavy atom. The van der Waals surface area contributed by atoms with Crippen LogP contribution in [0.4, 0.5) is 0 Å². The molecule has 0 aliphatic heterocycles. The lowest BCUT2D eigenvalue weighted by Gasteiger charge is -2.20. The summed E-state index contributed by atoms with van der Waals surface area (Å²) >= 11 is 0. The van der Waals surface area contributed by atoms with Gasteiger partial charge in [0.05, 0.1) is 4.90 Å². The van der Waals surface area contributed by atoms with Crippen molar-refractivity contribution in [2.75, 3.05) is 13.6 Å². The van der Waals surface area contributed by atoms with E-state index in [2.05, 4.69) is 23.9 Å². The monoisotopic (exact) mass is 310 g/mol. The van der Waals surface area contributed by atoms with Crippen LogP contribution in [0.3, 0.4) is 0 Å². The summed E-state index contributed by atoms with van der Waals surface area (Å²) in [5.41, 5.74) is 1.15. The van der Waals surface area contributed by atoms with Gasteiger partial charge in [-0.15, -0.1) is 0 Å². The van der Waals surface area contributed by atoms with Crippen molar-refractivity contribution in [2.24, 2.45) is 11.3 Å². The fourth-order valence-electron chi connectivity index (χ4n) is 2.56. The van der Waals surface area contributed by atoms with Crippen molar-refractivity contribution in [3.63, 3.8) is 0 Å². The van der Waals surface area contributed by atoms with Crippen LogP contribution >= 0.6 is 0 Å². The molecule has 1 atom stereocenters. The molecular weight excluding hydrogens is 284 g/mol. The van der Waals surface area contributed by atoms with Gasteiger partial charge in [0.25, 0.3) is 0 Å². The Bertz CT molecular complexity index is 592. The first-order valence-corrected chi connectivity index (χ1v) is 9.06. The van der Waals surface area contributed by atoms with E-state index < -0.39 is 10.0 Å². The Kier molecular flexibility index (Phi) is 4.76. The molecule has 0 radical (unpaired) electrons. The maximum atomic E-state index is 12.5. The van der Waals surface area contributed by atoms with E-state index in [1.165, 1.54) is 0 Å². The number of benzene rings is 1. The largest absolute Gasteiger partial charge is 0.313 e. The Labute approximate surface area is 128 Å². The first-order chi connectivity index (χ1) is 9.81. The number of rotatable bonds is 7. The van der Waals surface area contributed by atoms with Gasteiger partial charge < -0.3 is 5.32 Å². The van der Waals surface area contributed by atoms with Crippen molar-refractivity contribution in [1.29, 1.82) is 0 Å². The molecule has 1 saturated carbocycles. The van der Waals surface area contributed by atoms with Gasteiger partial charge in [0.15, 0.2) is 0 Å². The highest BCUT2D eigenvalue weighted by molar-refractivity contribution is 7.89. The van der Waals surface area contributed by atoms with E-state index in [1.807, 2.05) is 20.0 Å². The molecule has 2 rings (SSSR count). The van der Waals surface area contributed by atoms with E-state index in [1.54, 1.807) is 18.2 Å². The van der Waals surface area contributed by atoms with Gasteiger partial charge in [0, 0.05) is 12.6 Å². The normalized spacial score (nSPS) is 18.7. The molecule has 1 fully saturated rings. The number of hydrogen-bond acceptors (Lipinski definition) is 3. The predicted molar refractivity (Wildman–Crippen MR) is 85.6 cm³/mol. The molecule has 21 heavy (non-hydrogen) atoms. The van der Waals surface area contributed by atoms with Gasteiger partial charge in [-0.2, -0.15) is 0 Å². The molecule has 0 amide bonds. The highest BCUT2D eigenvalue weighted by atomic mass is 32.2. The molecule has 1 aliphatic carbocycles. The second kappa shape index (κ2) is 6.07. The van der Waals surface area contributed by atoms with Gasteiger partial charge >= 0.3 is 0 Å². The minimum absolute atomic E-state index is 0.130. The maximum Gasteiger partial charge on any atom is 0.240 e. The fraction of sp³-hybridized carbons (Fsp3) is 0.625. The minimum Gasteiger partial charge on any atom is -0.313 e. The molecule has 1 aliphatic rings. The van der Waals surface area contributed by atoms with Crippen molar-refractivity contribution in [1.82, 2.24) is 10.0 Å².